The smallest absolute Gasteiger partial charge is 0.265 e. The number of hydrogen-bond acceptors (Lipinski definition) is 4. The van der Waals surface area contributed by atoms with E-state index in [1.165, 1.54) is 0 Å². The minimum atomic E-state index is -0.667. The number of ether oxygens (including phenoxy) is 2. The number of amides is 1. The zero-order valence-corrected chi connectivity index (χ0v) is 11.0. The molecule has 1 amide bonds. The number of hydrogen-bond donors (Lipinski definition) is 1. The molecule has 104 valence electrons. The summed E-state index contributed by atoms with van der Waals surface area (Å²) in [6.07, 6.45) is 0.557. The molecule has 0 bridgehead atoms. The molecule has 2 aromatic rings. The molecule has 0 saturated heterocycles. The quantitative estimate of drug-likeness (QED) is 0.930. The molecule has 5 nitrogen and oxygen atoms in total. The second kappa shape index (κ2) is 5.28. The lowest BCUT2D eigenvalue weighted by Crippen LogP contribution is -2.48. The van der Waals surface area contributed by atoms with Crippen LogP contribution in [0.25, 0.3) is 0 Å². The van der Waals surface area contributed by atoms with Gasteiger partial charge in [0.2, 0.25) is 6.10 Å². The van der Waals surface area contributed by atoms with Crippen LogP contribution < -0.4 is 14.8 Å². The van der Waals surface area contributed by atoms with Crippen molar-refractivity contribution in [2.45, 2.75) is 25.7 Å². The molecular weight excluding hydrogens is 258 g/mol. The SMILES string of the molecule is CC1Oc2ccccc2OC1C(=O)NCc1ccco1. The summed E-state index contributed by atoms with van der Waals surface area (Å²) in [5.74, 6) is 1.73. The highest BCUT2D eigenvalue weighted by Gasteiger charge is 2.33. The van der Waals surface area contributed by atoms with Crippen LogP contribution in [0.4, 0.5) is 0 Å². The number of rotatable bonds is 3. The van der Waals surface area contributed by atoms with E-state index in [1.54, 1.807) is 24.5 Å². The van der Waals surface area contributed by atoms with Crippen LogP contribution in [0.3, 0.4) is 0 Å². The summed E-state index contributed by atoms with van der Waals surface area (Å²) in [4.78, 5) is 12.2. The minimum absolute atomic E-state index is 0.219. The van der Waals surface area contributed by atoms with E-state index in [-0.39, 0.29) is 12.0 Å². The van der Waals surface area contributed by atoms with E-state index >= 15 is 0 Å². The van der Waals surface area contributed by atoms with Crippen molar-refractivity contribution >= 4 is 5.91 Å². The Hall–Kier alpha value is -2.43. The zero-order valence-electron chi connectivity index (χ0n) is 11.0. The molecule has 5 heteroatoms. The molecular formula is C15H15NO4. The molecule has 0 spiro atoms. The fraction of sp³-hybridized carbons (Fsp3) is 0.267. The number of fused-ring (bicyclic) bond motifs is 1. The molecule has 2 heterocycles. The van der Waals surface area contributed by atoms with E-state index in [9.17, 15) is 4.79 Å². The first-order valence-electron chi connectivity index (χ1n) is 6.46. The van der Waals surface area contributed by atoms with Crippen LogP contribution in [0.5, 0.6) is 11.5 Å². The molecule has 0 saturated carbocycles. The van der Waals surface area contributed by atoms with Gasteiger partial charge in [-0.15, -0.1) is 0 Å². The number of para-hydroxylation sites is 2. The van der Waals surface area contributed by atoms with Gasteiger partial charge in [-0.2, -0.15) is 0 Å². The van der Waals surface area contributed by atoms with Crippen LogP contribution in [0.1, 0.15) is 12.7 Å². The van der Waals surface area contributed by atoms with Gasteiger partial charge in [0, 0.05) is 0 Å². The van der Waals surface area contributed by atoms with Crippen LogP contribution >= 0.6 is 0 Å². The third-order valence-corrected chi connectivity index (χ3v) is 3.12. The molecule has 1 aliphatic heterocycles. The Morgan fingerprint density at radius 3 is 2.60 bits per heavy atom. The van der Waals surface area contributed by atoms with E-state index in [0.717, 1.165) is 0 Å². The van der Waals surface area contributed by atoms with Crippen LogP contribution in [0.2, 0.25) is 0 Å². The Kier molecular flexibility index (Phi) is 3.33. The van der Waals surface area contributed by atoms with Crippen molar-refractivity contribution < 1.29 is 18.7 Å². The van der Waals surface area contributed by atoms with E-state index in [1.807, 2.05) is 25.1 Å². The van der Waals surface area contributed by atoms with Crippen molar-refractivity contribution in [1.82, 2.24) is 5.32 Å². The highest BCUT2D eigenvalue weighted by molar-refractivity contribution is 5.82. The molecule has 0 fully saturated rings. The van der Waals surface area contributed by atoms with Gasteiger partial charge in [-0.05, 0) is 31.2 Å². The van der Waals surface area contributed by atoms with Gasteiger partial charge in [0.1, 0.15) is 11.9 Å². The maximum Gasteiger partial charge on any atom is 0.265 e. The molecule has 1 N–H and O–H groups in total. The fourth-order valence-corrected chi connectivity index (χ4v) is 2.09. The van der Waals surface area contributed by atoms with Crippen molar-refractivity contribution in [1.29, 1.82) is 0 Å². The Morgan fingerprint density at radius 1 is 1.15 bits per heavy atom. The van der Waals surface area contributed by atoms with Crippen LogP contribution in [-0.2, 0) is 11.3 Å². The summed E-state index contributed by atoms with van der Waals surface area (Å²) in [6, 6.07) is 10.9. The van der Waals surface area contributed by atoms with E-state index in [2.05, 4.69) is 5.32 Å². The number of nitrogens with one attached hydrogen (secondary N) is 1. The van der Waals surface area contributed by atoms with Gasteiger partial charge in [0.25, 0.3) is 5.91 Å². The molecule has 1 aromatic carbocycles. The summed E-state index contributed by atoms with van der Waals surface area (Å²) in [5.41, 5.74) is 0. The van der Waals surface area contributed by atoms with E-state index in [0.29, 0.717) is 23.8 Å². The number of carbonyl (C=O) groups is 1. The molecule has 2 unspecified atom stereocenters. The van der Waals surface area contributed by atoms with Gasteiger partial charge < -0.3 is 19.2 Å². The number of furan rings is 1. The predicted octanol–water partition coefficient (Wildman–Crippen LogP) is 2.12. The predicted molar refractivity (Wildman–Crippen MR) is 71.5 cm³/mol. The monoisotopic (exact) mass is 273 g/mol. The van der Waals surface area contributed by atoms with Gasteiger partial charge in [0.05, 0.1) is 12.8 Å². The summed E-state index contributed by atoms with van der Waals surface area (Å²) in [5, 5.41) is 2.78. The third-order valence-electron chi connectivity index (χ3n) is 3.12. The standard InChI is InChI=1S/C15H15NO4/c1-10-14(15(17)16-9-11-5-4-8-18-11)20-13-7-3-2-6-12(13)19-10/h2-8,10,14H,9H2,1H3,(H,16,17). The molecule has 2 atom stereocenters. The minimum Gasteiger partial charge on any atom is -0.482 e. The lowest BCUT2D eigenvalue weighted by Gasteiger charge is -2.30. The first-order valence-corrected chi connectivity index (χ1v) is 6.46. The largest absolute Gasteiger partial charge is 0.482 e. The molecule has 0 radical (unpaired) electrons. The van der Waals surface area contributed by atoms with Crippen molar-refractivity contribution in [3.05, 3.63) is 48.4 Å². The van der Waals surface area contributed by atoms with Crippen molar-refractivity contribution in [2.24, 2.45) is 0 Å². The molecule has 1 aliphatic rings. The molecule has 3 rings (SSSR count). The topological polar surface area (TPSA) is 60.7 Å². The van der Waals surface area contributed by atoms with Crippen LogP contribution in [0, 0.1) is 0 Å². The van der Waals surface area contributed by atoms with Crippen molar-refractivity contribution in [3.8, 4) is 11.5 Å². The summed E-state index contributed by atoms with van der Waals surface area (Å²) in [6.45, 7) is 2.15. The summed E-state index contributed by atoms with van der Waals surface area (Å²) < 4.78 is 16.6. The second-order valence-corrected chi connectivity index (χ2v) is 4.61. The van der Waals surface area contributed by atoms with Gasteiger partial charge in [0.15, 0.2) is 11.5 Å². The Labute approximate surface area is 116 Å². The van der Waals surface area contributed by atoms with Gasteiger partial charge in [-0.25, -0.2) is 0 Å². The van der Waals surface area contributed by atoms with Gasteiger partial charge in [-0.1, -0.05) is 12.1 Å². The lowest BCUT2D eigenvalue weighted by atomic mass is 10.1. The Morgan fingerprint density at radius 2 is 1.90 bits per heavy atom. The first kappa shape index (κ1) is 12.6. The number of carbonyl (C=O) groups excluding carboxylic acids is 1. The number of benzene rings is 1. The average Bonchev–Trinajstić information content (AvgIpc) is 2.97. The molecule has 1 aromatic heterocycles. The van der Waals surface area contributed by atoms with Crippen molar-refractivity contribution in [3.63, 3.8) is 0 Å². The first-order chi connectivity index (χ1) is 9.74. The van der Waals surface area contributed by atoms with Crippen molar-refractivity contribution in [2.75, 3.05) is 0 Å². The maximum absolute atomic E-state index is 12.2. The molecule has 0 aliphatic carbocycles. The van der Waals surface area contributed by atoms with Gasteiger partial charge >= 0.3 is 0 Å². The van der Waals surface area contributed by atoms with Crippen LogP contribution in [-0.4, -0.2) is 18.1 Å². The maximum atomic E-state index is 12.2. The summed E-state index contributed by atoms with van der Waals surface area (Å²) >= 11 is 0. The van der Waals surface area contributed by atoms with Crippen LogP contribution in [0.15, 0.2) is 47.1 Å². The average molecular weight is 273 g/mol. The normalized spacial score (nSPS) is 20.4. The zero-order chi connectivity index (χ0) is 13.9. The lowest BCUT2D eigenvalue weighted by molar-refractivity contribution is -0.133. The second-order valence-electron chi connectivity index (χ2n) is 4.61. The highest BCUT2D eigenvalue weighted by Crippen LogP contribution is 2.33. The Balaban J connectivity index is 1.66. The van der Waals surface area contributed by atoms with Gasteiger partial charge in [-0.3, -0.25) is 4.79 Å². The summed E-state index contributed by atoms with van der Waals surface area (Å²) in [7, 11) is 0. The fourth-order valence-electron chi connectivity index (χ4n) is 2.09. The van der Waals surface area contributed by atoms with E-state index in [4.69, 9.17) is 13.9 Å². The highest BCUT2D eigenvalue weighted by atomic mass is 16.6. The molecule has 20 heavy (non-hydrogen) atoms. The Bertz CT molecular complexity index is 594. The van der Waals surface area contributed by atoms with E-state index < -0.39 is 6.10 Å². The third kappa shape index (κ3) is 2.47.